The SMILES string of the molecule is Cc1cccnc1N(C(=O)c1ccc(-c2cnn3cccnc23)cc1)[C@@H]1CCCN(C(=O)OC(C)(C)C)C1. The molecule has 0 aliphatic carbocycles. The maximum atomic E-state index is 14.0. The highest BCUT2D eigenvalue weighted by Crippen LogP contribution is 2.29. The average Bonchev–Trinajstić information content (AvgIpc) is 3.33. The largest absolute Gasteiger partial charge is 0.444 e. The first-order chi connectivity index (χ1) is 18.2. The van der Waals surface area contributed by atoms with Gasteiger partial charge >= 0.3 is 6.09 Å². The Balaban J connectivity index is 1.44. The summed E-state index contributed by atoms with van der Waals surface area (Å²) in [5.74, 6) is 0.442. The smallest absolute Gasteiger partial charge is 0.410 e. The summed E-state index contributed by atoms with van der Waals surface area (Å²) in [6.07, 6.45) is 8.21. The van der Waals surface area contributed by atoms with Crippen LogP contribution in [0.4, 0.5) is 10.6 Å². The summed E-state index contributed by atoms with van der Waals surface area (Å²) >= 11 is 0. The number of hydrogen-bond acceptors (Lipinski definition) is 6. The molecule has 1 atom stereocenters. The Morgan fingerprint density at radius 1 is 1.05 bits per heavy atom. The van der Waals surface area contributed by atoms with Crippen molar-refractivity contribution in [3.8, 4) is 11.1 Å². The van der Waals surface area contributed by atoms with E-state index in [0.717, 1.165) is 35.2 Å². The average molecular weight is 513 g/mol. The van der Waals surface area contributed by atoms with E-state index in [9.17, 15) is 9.59 Å². The van der Waals surface area contributed by atoms with Crippen molar-refractivity contribution >= 4 is 23.5 Å². The maximum Gasteiger partial charge on any atom is 0.410 e. The second-order valence-electron chi connectivity index (χ2n) is 10.6. The molecule has 5 rings (SSSR count). The third-order valence-electron chi connectivity index (χ3n) is 6.56. The first-order valence-corrected chi connectivity index (χ1v) is 12.8. The first kappa shape index (κ1) is 25.4. The number of hydrogen-bond donors (Lipinski definition) is 0. The molecular weight excluding hydrogens is 480 g/mol. The van der Waals surface area contributed by atoms with Crippen LogP contribution >= 0.6 is 0 Å². The van der Waals surface area contributed by atoms with Crippen molar-refractivity contribution in [2.45, 2.75) is 52.2 Å². The minimum absolute atomic E-state index is 0.160. The van der Waals surface area contributed by atoms with Gasteiger partial charge < -0.3 is 9.64 Å². The Morgan fingerprint density at radius 2 is 1.82 bits per heavy atom. The Bertz CT molecular complexity index is 1460. The van der Waals surface area contributed by atoms with Crippen LogP contribution in [0.1, 0.15) is 49.5 Å². The second-order valence-corrected chi connectivity index (χ2v) is 10.6. The molecule has 0 spiro atoms. The molecular formula is C29H32N6O3. The molecule has 0 unspecified atom stereocenters. The van der Waals surface area contributed by atoms with Crippen molar-refractivity contribution in [2.24, 2.45) is 0 Å². The van der Waals surface area contributed by atoms with E-state index in [-0.39, 0.29) is 18.0 Å². The highest BCUT2D eigenvalue weighted by Gasteiger charge is 2.35. The van der Waals surface area contributed by atoms with E-state index in [0.29, 0.717) is 24.5 Å². The van der Waals surface area contributed by atoms with Crippen molar-refractivity contribution in [3.05, 3.63) is 78.4 Å². The zero-order valence-corrected chi connectivity index (χ0v) is 22.2. The standard InChI is InChI=1S/C29H32N6O3/c1-20-8-5-14-30-25(20)35(23-9-6-16-33(19-23)28(37)38-29(2,3)4)27(36)22-12-10-21(11-13-22)24-18-32-34-17-7-15-31-26(24)34/h5,7-8,10-15,17-18,23H,6,9,16,19H2,1-4H3/t23-/m1/s1. The molecule has 0 bridgehead atoms. The monoisotopic (exact) mass is 512 g/mol. The topological polar surface area (TPSA) is 92.9 Å². The van der Waals surface area contributed by atoms with Crippen LogP contribution in [0.3, 0.4) is 0 Å². The molecule has 2 amide bonds. The summed E-state index contributed by atoms with van der Waals surface area (Å²) in [6, 6.07) is 12.9. The molecule has 9 nitrogen and oxygen atoms in total. The lowest BCUT2D eigenvalue weighted by Crippen LogP contribution is -2.53. The fourth-order valence-corrected chi connectivity index (χ4v) is 4.78. The fraction of sp³-hybridized carbons (Fsp3) is 0.345. The van der Waals surface area contributed by atoms with Gasteiger partial charge in [0.25, 0.3) is 5.91 Å². The van der Waals surface area contributed by atoms with Crippen molar-refractivity contribution in [1.82, 2.24) is 24.5 Å². The van der Waals surface area contributed by atoms with Crippen LogP contribution in [0.2, 0.25) is 0 Å². The molecule has 0 N–H and O–H groups in total. The summed E-state index contributed by atoms with van der Waals surface area (Å²) in [5, 5.41) is 4.36. The van der Waals surface area contributed by atoms with Crippen LogP contribution in [-0.4, -0.2) is 61.2 Å². The Morgan fingerprint density at radius 3 is 2.55 bits per heavy atom. The normalized spacial score (nSPS) is 15.9. The number of ether oxygens (including phenoxy) is 1. The number of fused-ring (bicyclic) bond motifs is 1. The summed E-state index contributed by atoms with van der Waals surface area (Å²) in [6.45, 7) is 8.47. The third-order valence-corrected chi connectivity index (χ3v) is 6.56. The number of rotatable bonds is 4. The molecule has 196 valence electrons. The van der Waals surface area contributed by atoms with Gasteiger partial charge in [-0.05, 0) is 75.9 Å². The number of anilines is 1. The van der Waals surface area contributed by atoms with Crippen LogP contribution in [0.5, 0.6) is 0 Å². The molecule has 1 aliphatic rings. The summed E-state index contributed by atoms with van der Waals surface area (Å²) in [7, 11) is 0. The van der Waals surface area contributed by atoms with Crippen molar-refractivity contribution < 1.29 is 14.3 Å². The highest BCUT2D eigenvalue weighted by molar-refractivity contribution is 6.06. The lowest BCUT2D eigenvalue weighted by atomic mass is 10.0. The van der Waals surface area contributed by atoms with Gasteiger partial charge in [0.15, 0.2) is 5.65 Å². The number of aromatic nitrogens is 4. The van der Waals surface area contributed by atoms with Gasteiger partial charge in [-0.1, -0.05) is 18.2 Å². The number of benzene rings is 1. The number of carbonyl (C=O) groups is 2. The molecule has 4 heterocycles. The van der Waals surface area contributed by atoms with Gasteiger partial charge in [-0.2, -0.15) is 5.10 Å². The van der Waals surface area contributed by atoms with Gasteiger partial charge in [-0.15, -0.1) is 0 Å². The molecule has 1 fully saturated rings. The number of likely N-dealkylation sites (tertiary alicyclic amines) is 1. The van der Waals surface area contributed by atoms with Gasteiger partial charge in [-0.25, -0.2) is 19.3 Å². The van der Waals surface area contributed by atoms with Gasteiger partial charge in [0.05, 0.1) is 12.2 Å². The molecule has 3 aromatic heterocycles. The Hall–Kier alpha value is -4.27. The van der Waals surface area contributed by atoms with E-state index >= 15 is 0 Å². The molecule has 4 aromatic rings. The van der Waals surface area contributed by atoms with Crippen LogP contribution < -0.4 is 4.90 Å². The van der Waals surface area contributed by atoms with Crippen molar-refractivity contribution in [1.29, 1.82) is 0 Å². The number of pyridine rings is 1. The van der Waals surface area contributed by atoms with Gasteiger partial charge in [-0.3, -0.25) is 9.69 Å². The zero-order valence-electron chi connectivity index (χ0n) is 22.2. The molecule has 0 saturated carbocycles. The molecule has 1 aliphatic heterocycles. The zero-order chi connectivity index (χ0) is 26.9. The second kappa shape index (κ2) is 10.2. The van der Waals surface area contributed by atoms with E-state index in [1.807, 2.05) is 76.4 Å². The highest BCUT2D eigenvalue weighted by atomic mass is 16.6. The molecule has 38 heavy (non-hydrogen) atoms. The quantitative estimate of drug-likeness (QED) is 0.376. The number of carbonyl (C=O) groups excluding carboxylic acids is 2. The van der Waals surface area contributed by atoms with Crippen LogP contribution in [0.25, 0.3) is 16.8 Å². The van der Waals surface area contributed by atoms with E-state index in [1.165, 1.54) is 0 Å². The predicted molar refractivity (Wildman–Crippen MR) is 145 cm³/mol. The summed E-state index contributed by atoms with van der Waals surface area (Å²) in [4.78, 5) is 39.3. The van der Waals surface area contributed by atoms with Gasteiger partial charge in [0.1, 0.15) is 11.4 Å². The van der Waals surface area contributed by atoms with E-state index in [2.05, 4.69) is 15.1 Å². The number of piperidine rings is 1. The third kappa shape index (κ3) is 5.22. The van der Waals surface area contributed by atoms with E-state index < -0.39 is 5.60 Å². The van der Waals surface area contributed by atoms with Gasteiger partial charge in [0.2, 0.25) is 0 Å². The fourth-order valence-electron chi connectivity index (χ4n) is 4.78. The summed E-state index contributed by atoms with van der Waals surface area (Å²) in [5.41, 5.74) is 3.41. The number of amides is 2. The lowest BCUT2D eigenvalue weighted by molar-refractivity contribution is 0.0196. The minimum atomic E-state index is -0.588. The van der Waals surface area contributed by atoms with Gasteiger partial charge in [0, 0.05) is 42.8 Å². The molecule has 1 saturated heterocycles. The minimum Gasteiger partial charge on any atom is -0.444 e. The predicted octanol–water partition coefficient (Wildman–Crippen LogP) is 5.15. The first-order valence-electron chi connectivity index (χ1n) is 12.8. The Kier molecular flexibility index (Phi) is 6.84. The van der Waals surface area contributed by atoms with Crippen molar-refractivity contribution in [3.63, 3.8) is 0 Å². The molecule has 9 heteroatoms. The van der Waals surface area contributed by atoms with E-state index in [1.54, 1.807) is 32.9 Å². The van der Waals surface area contributed by atoms with E-state index in [4.69, 9.17) is 4.74 Å². The molecule has 1 aromatic carbocycles. The Labute approximate surface area is 222 Å². The molecule has 0 radical (unpaired) electrons. The number of nitrogens with zero attached hydrogens (tertiary/aromatic N) is 6. The lowest BCUT2D eigenvalue weighted by Gasteiger charge is -2.39. The van der Waals surface area contributed by atoms with Crippen LogP contribution in [-0.2, 0) is 4.74 Å². The summed E-state index contributed by atoms with van der Waals surface area (Å²) < 4.78 is 7.34. The van der Waals surface area contributed by atoms with Crippen LogP contribution in [0.15, 0.2) is 67.3 Å². The van der Waals surface area contributed by atoms with Crippen molar-refractivity contribution in [2.75, 3.05) is 18.0 Å². The van der Waals surface area contributed by atoms with Crippen LogP contribution in [0, 0.1) is 6.92 Å². The maximum absolute atomic E-state index is 14.0. The number of aryl methyl sites for hydroxylation is 1.